The van der Waals surface area contributed by atoms with Gasteiger partial charge in [0.15, 0.2) is 0 Å². The first-order chi connectivity index (χ1) is 46.5. The van der Waals surface area contributed by atoms with Gasteiger partial charge in [0.05, 0.1) is 0 Å². The van der Waals surface area contributed by atoms with Gasteiger partial charge in [-0.25, -0.2) is 0 Å². The summed E-state index contributed by atoms with van der Waals surface area (Å²) in [4.78, 5) is 0. The van der Waals surface area contributed by atoms with E-state index in [9.17, 15) is 0 Å². The van der Waals surface area contributed by atoms with E-state index in [0.717, 1.165) is 0 Å². The minimum atomic E-state index is 1.32. The van der Waals surface area contributed by atoms with E-state index in [2.05, 4.69) is 374 Å². The molecular formula is C96H84. The molecule has 0 spiro atoms. The number of benzene rings is 18. The van der Waals surface area contributed by atoms with Crippen molar-refractivity contribution in [3.05, 3.63) is 358 Å². The van der Waals surface area contributed by atoms with Crippen molar-refractivity contribution in [3.8, 4) is 0 Å². The van der Waals surface area contributed by atoms with Crippen LogP contribution in [0.2, 0.25) is 0 Å². The second kappa shape index (κ2) is 27.6. The van der Waals surface area contributed by atoms with Crippen molar-refractivity contribution in [2.45, 2.75) is 83.1 Å². The van der Waals surface area contributed by atoms with Crippen LogP contribution in [0.15, 0.2) is 291 Å². The Morgan fingerprint density at radius 1 is 0.125 bits per heavy atom. The van der Waals surface area contributed by atoms with Crippen LogP contribution in [0.4, 0.5) is 0 Å². The van der Waals surface area contributed by atoms with Gasteiger partial charge < -0.3 is 0 Å². The Morgan fingerprint density at radius 2 is 0.375 bits per heavy atom. The van der Waals surface area contributed by atoms with E-state index in [-0.39, 0.29) is 0 Å². The number of rotatable bonds is 0. The summed E-state index contributed by atoms with van der Waals surface area (Å²) in [7, 11) is 0. The third-order valence-electron chi connectivity index (χ3n) is 19.7. The average Bonchev–Trinajstić information content (AvgIpc) is 0.801. The van der Waals surface area contributed by atoms with Gasteiger partial charge in [0.1, 0.15) is 0 Å². The molecule has 0 N–H and O–H groups in total. The Bertz CT molecular complexity index is 5600. The quantitative estimate of drug-likeness (QED) is 0.105. The molecule has 18 aromatic rings. The highest BCUT2D eigenvalue weighted by molar-refractivity contribution is 6.10. The molecule has 0 saturated carbocycles. The molecule has 0 fully saturated rings. The van der Waals surface area contributed by atoms with Crippen LogP contribution in [0.5, 0.6) is 0 Å². The van der Waals surface area contributed by atoms with Gasteiger partial charge in [0, 0.05) is 0 Å². The van der Waals surface area contributed by atoms with Crippen molar-refractivity contribution in [2.24, 2.45) is 0 Å². The monoisotopic (exact) mass is 1240 g/mol. The maximum absolute atomic E-state index is 2.30. The molecule has 96 heavy (non-hydrogen) atoms. The zero-order valence-electron chi connectivity index (χ0n) is 57.7. The van der Waals surface area contributed by atoms with Crippen LogP contribution < -0.4 is 0 Å². The summed E-state index contributed by atoms with van der Waals surface area (Å²) < 4.78 is 0. The molecule has 0 heteroatoms. The topological polar surface area (TPSA) is 0 Å². The lowest BCUT2D eigenvalue weighted by Crippen LogP contribution is -1.87. The lowest BCUT2D eigenvalue weighted by molar-refractivity contribution is 1.47. The molecule has 0 nitrogen and oxygen atoms in total. The van der Waals surface area contributed by atoms with Gasteiger partial charge in [-0.05, 0) is 282 Å². The Morgan fingerprint density at radius 3 is 0.823 bits per heavy atom. The molecule has 18 rings (SSSR count). The van der Waals surface area contributed by atoms with Gasteiger partial charge in [-0.15, -0.1) is 0 Å². The Labute approximate surface area is 566 Å². The van der Waals surface area contributed by atoms with Crippen LogP contribution in [0, 0.1) is 83.1 Å². The van der Waals surface area contributed by atoms with Gasteiger partial charge in [-0.1, -0.05) is 289 Å². The van der Waals surface area contributed by atoms with E-state index in [0.29, 0.717) is 0 Å². The molecular weight excluding hydrogens is 1150 g/mol. The summed E-state index contributed by atoms with van der Waals surface area (Å²) in [5.74, 6) is 0. The Kier molecular flexibility index (Phi) is 18.3. The molecule has 0 aliphatic carbocycles. The van der Waals surface area contributed by atoms with Crippen molar-refractivity contribution >= 4 is 129 Å². The smallest absolute Gasteiger partial charge is 0.0103 e. The number of hydrogen-bond donors (Lipinski definition) is 0. The molecule has 0 unspecified atom stereocenters. The summed E-state index contributed by atoms with van der Waals surface area (Å²) in [6, 6.07) is 105. The molecule has 0 saturated heterocycles. The molecule has 0 atom stereocenters. The second-order valence-electron chi connectivity index (χ2n) is 26.7. The highest BCUT2D eigenvalue weighted by Gasteiger charge is 2.10. The first-order valence-corrected chi connectivity index (χ1v) is 33.9. The van der Waals surface area contributed by atoms with Crippen LogP contribution in [-0.4, -0.2) is 0 Å². The van der Waals surface area contributed by atoms with Gasteiger partial charge in [-0.2, -0.15) is 0 Å². The van der Waals surface area contributed by atoms with Crippen molar-refractivity contribution in [3.63, 3.8) is 0 Å². The predicted molar refractivity (Wildman–Crippen MR) is 426 cm³/mol. The molecule has 0 aliphatic heterocycles. The largest absolute Gasteiger partial charge is 0.0616 e. The van der Waals surface area contributed by atoms with Crippen molar-refractivity contribution in [1.29, 1.82) is 0 Å². The molecule has 0 amide bonds. The number of aryl methyl sites for hydroxylation is 12. The standard InChI is InChI=1S/6C16H14/c1-11-3-7-15-13(9-11)5-6-14-10-12(2)4-8-16(14)15;1-11-3-5-13-10-16-8-12(2)4-6-14(16)9-15(13)7-11;1-11-13-7-3-5-9-15(13)12(2)16-10-6-4-8-14(11)16;1-11-6-5-9-15-12(2)14-8-4-3-7-13(14)10-16(11)15;1-11-6-8-15-13(10-11)7-9-14-12(2)4-3-5-16(14)15;1-11-7-8-12(2)16-10-14-6-4-3-5-13(14)9-15(11)16/h6*3-10H,1-2H3. The normalized spacial score (nSPS) is 11.1. The highest BCUT2D eigenvalue weighted by Crippen LogP contribution is 2.35. The first-order valence-electron chi connectivity index (χ1n) is 33.9. The van der Waals surface area contributed by atoms with E-state index in [1.165, 1.54) is 196 Å². The second-order valence-corrected chi connectivity index (χ2v) is 26.7. The predicted octanol–water partition coefficient (Wildman–Crippen LogP) is 27.7. The molecule has 468 valence electrons. The Balaban J connectivity index is 0.000000104. The fraction of sp³-hybridized carbons (Fsp3) is 0.125. The third kappa shape index (κ3) is 13.3. The van der Waals surface area contributed by atoms with Crippen LogP contribution >= 0.6 is 0 Å². The molecule has 0 radical (unpaired) electrons. The van der Waals surface area contributed by atoms with E-state index in [1.807, 2.05) is 0 Å². The Hall–Kier alpha value is -10.9. The highest BCUT2D eigenvalue weighted by atomic mass is 14.1. The number of fused-ring (bicyclic) bond motifs is 14. The maximum Gasteiger partial charge on any atom is -0.0103 e. The van der Waals surface area contributed by atoms with Crippen LogP contribution in [0.3, 0.4) is 0 Å². The lowest BCUT2D eigenvalue weighted by Gasteiger charge is -2.11. The van der Waals surface area contributed by atoms with Crippen LogP contribution in [0.1, 0.15) is 66.8 Å². The zero-order chi connectivity index (χ0) is 66.7. The SMILES string of the molecule is Cc1c2ccccc2c(C)c2ccccc12.Cc1ccc(C)c2cc3ccccc3cc12.Cc1ccc2c(ccc3c(C)cccc32)c1.Cc1ccc2c(ccc3cc(C)ccc32)c1.Cc1ccc2cc3cc(C)ccc3cc2c1.Cc1cccc2c(C)c3ccccc3cc12. The van der Waals surface area contributed by atoms with E-state index in [1.54, 1.807) is 0 Å². The van der Waals surface area contributed by atoms with Crippen molar-refractivity contribution < 1.29 is 0 Å². The third-order valence-corrected chi connectivity index (χ3v) is 19.7. The van der Waals surface area contributed by atoms with Crippen LogP contribution in [0.25, 0.3) is 129 Å². The lowest BCUT2D eigenvalue weighted by atomic mass is 9.93. The first kappa shape index (κ1) is 63.8. The van der Waals surface area contributed by atoms with E-state index in [4.69, 9.17) is 0 Å². The van der Waals surface area contributed by atoms with E-state index < -0.39 is 0 Å². The summed E-state index contributed by atoms with van der Waals surface area (Å²) in [5.41, 5.74) is 16.2. The van der Waals surface area contributed by atoms with E-state index >= 15 is 0 Å². The van der Waals surface area contributed by atoms with Gasteiger partial charge >= 0.3 is 0 Å². The molecule has 18 aromatic carbocycles. The van der Waals surface area contributed by atoms with Crippen molar-refractivity contribution in [2.75, 3.05) is 0 Å². The molecule has 0 heterocycles. The summed E-state index contributed by atoms with van der Waals surface area (Å²) in [5, 5.41) is 32.4. The fourth-order valence-corrected chi connectivity index (χ4v) is 14.3. The average molecular weight is 1240 g/mol. The minimum Gasteiger partial charge on any atom is -0.0616 e. The minimum absolute atomic E-state index is 1.32. The summed E-state index contributed by atoms with van der Waals surface area (Å²) in [6.45, 7) is 26.0. The summed E-state index contributed by atoms with van der Waals surface area (Å²) >= 11 is 0. The van der Waals surface area contributed by atoms with Gasteiger partial charge in [0.2, 0.25) is 0 Å². The zero-order valence-corrected chi connectivity index (χ0v) is 57.7. The molecule has 0 aliphatic rings. The van der Waals surface area contributed by atoms with Gasteiger partial charge in [-0.3, -0.25) is 0 Å². The maximum atomic E-state index is 2.30. The number of hydrogen-bond acceptors (Lipinski definition) is 0. The van der Waals surface area contributed by atoms with Crippen LogP contribution in [-0.2, 0) is 0 Å². The molecule has 0 aromatic heterocycles. The van der Waals surface area contributed by atoms with Gasteiger partial charge in [0.25, 0.3) is 0 Å². The van der Waals surface area contributed by atoms with Crippen molar-refractivity contribution in [1.82, 2.24) is 0 Å². The fourth-order valence-electron chi connectivity index (χ4n) is 14.3. The molecule has 0 bridgehead atoms. The summed E-state index contributed by atoms with van der Waals surface area (Å²) in [6.07, 6.45) is 0.